The highest BCUT2D eigenvalue weighted by Crippen LogP contribution is 2.14. The van der Waals surface area contributed by atoms with Crippen molar-refractivity contribution in [3.05, 3.63) is 49.7 Å². The lowest BCUT2D eigenvalue weighted by atomic mass is 10.2. The van der Waals surface area contributed by atoms with Crippen LogP contribution < -0.4 is 5.56 Å². The first-order chi connectivity index (χ1) is 7.99. The van der Waals surface area contributed by atoms with Crippen molar-refractivity contribution in [1.29, 1.82) is 0 Å². The number of pyridine rings is 1. The Morgan fingerprint density at radius 1 is 1.41 bits per heavy atom. The summed E-state index contributed by atoms with van der Waals surface area (Å²) in [7, 11) is 0. The van der Waals surface area contributed by atoms with Gasteiger partial charge in [-0.05, 0) is 48.3 Å². The Kier molecular flexibility index (Phi) is 3.19. The zero-order valence-corrected chi connectivity index (χ0v) is 11.5. The van der Waals surface area contributed by atoms with Crippen molar-refractivity contribution in [3.63, 3.8) is 0 Å². The van der Waals surface area contributed by atoms with E-state index in [-0.39, 0.29) is 5.56 Å². The number of hydrogen-bond donors (Lipinski definition) is 0. The number of nitrogens with zero attached hydrogens (tertiary/aromatic N) is 2. The first-order valence-corrected chi connectivity index (χ1v) is 6.06. The van der Waals surface area contributed by atoms with Crippen LogP contribution in [0, 0.1) is 20.8 Å². The molecule has 0 aliphatic heterocycles. The minimum atomic E-state index is -0.0457. The van der Waals surface area contributed by atoms with Gasteiger partial charge in [-0.2, -0.15) is 0 Å². The van der Waals surface area contributed by atoms with Crippen LogP contribution in [-0.2, 0) is 6.54 Å². The van der Waals surface area contributed by atoms with Crippen molar-refractivity contribution in [2.24, 2.45) is 0 Å². The Balaban J connectivity index is 2.47. The van der Waals surface area contributed by atoms with Crippen LogP contribution in [0.1, 0.15) is 22.6 Å². The van der Waals surface area contributed by atoms with Crippen molar-refractivity contribution in [3.8, 4) is 0 Å². The van der Waals surface area contributed by atoms with Crippen LogP contribution in [-0.4, -0.2) is 9.72 Å². The maximum Gasteiger partial charge on any atom is 0.265 e. The third kappa shape index (κ3) is 2.34. The largest absolute Gasteiger partial charge is 0.361 e. The highest BCUT2D eigenvalue weighted by atomic mass is 79.9. The molecule has 0 aliphatic rings. The minimum Gasteiger partial charge on any atom is -0.361 e. The van der Waals surface area contributed by atoms with Gasteiger partial charge in [-0.1, -0.05) is 5.16 Å². The van der Waals surface area contributed by atoms with Crippen LogP contribution in [0.25, 0.3) is 0 Å². The van der Waals surface area contributed by atoms with Gasteiger partial charge in [-0.3, -0.25) is 4.79 Å². The maximum atomic E-state index is 11.9. The van der Waals surface area contributed by atoms with E-state index in [1.165, 1.54) is 0 Å². The van der Waals surface area contributed by atoms with E-state index in [2.05, 4.69) is 21.1 Å². The van der Waals surface area contributed by atoms with Gasteiger partial charge in [0.05, 0.1) is 16.7 Å². The molecule has 0 atom stereocenters. The highest BCUT2D eigenvalue weighted by Gasteiger charge is 2.11. The summed E-state index contributed by atoms with van der Waals surface area (Å²) in [5, 5.41) is 3.88. The van der Waals surface area contributed by atoms with Crippen molar-refractivity contribution in [2.75, 3.05) is 0 Å². The number of rotatable bonds is 2. The van der Waals surface area contributed by atoms with E-state index in [1.54, 1.807) is 4.57 Å². The first-order valence-electron chi connectivity index (χ1n) is 5.27. The van der Waals surface area contributed by atoms with Gasteiger partial charge in [0.15, 0.2) is 0 Å². The van der Waals surface area contributed by atoms with E-state index < -0.39 is 0 Å². The van der Waals surface area contributed by atoms with Gasteiger partial charge in [0.25, 0.3) is 5.56 Å². The number of hydrogen-bond acceptors (Lipinski definition) is 3. The van der Waals surface area contributed by atoms with Crippen molar-refractivity contribution >= 4 is 15.9 Å². The SMILES string of the molecule is Cc1cc(Br)c(=O)n(Cc2c(C)noc2C)c1. The molecule has 0 aliphatic carbocycles. The fourth-order valence-electron chi connectivity index (χ4n) is 1.76. The lowest BCUT2D eigenvalue weighted by Crippen LogP contribution is -2.21. The van der Waals surface area contributed by atoms with Crippen molar-refractivity contribution in [2.45, 2.75) is 27.3 Å². The molecule has 2 rings (SSSR count). The molecular weight excluding hydrogens is 284 g/mol. The second kappa shape index (κ2) is 4.49. The molecular formula is C12H13BrN2O2. The third-order valence-corrected chi connectivity index (χ3v) is 3.26. The Hall–Kier alpha value is -1.36. The summed E-state index contributed by atoms with van der Waals surface area (Å²) in [4.78, 5) is 11.9. The molecule has 0 fully saturated rings. The van der Waals surface area contributed by atoms with E-state index in [1.807, 2.05) is 33.0 Å². The van der Waals surface area contributed by atoms with Gasteiger partial charge >= 0.3 is 0 Å². The summed E-state index contributed by atoms with van der Waals surface area (Å²) < 4.78 is 7.32. The monoisotopic (exact) mass is 296 g/mol. The van der Waals surface area contributed by atoms with Crippen LogP contribution in [0.5, 0.6) is 0 Å². The molecule has 0 radical (unpaired) electrons. The lowest BCUT2D eigenvalue weighted by Gasteiger charge is -2.07. The highest BCUT2D eigenvalue weighted by molar-refractivity contribution is 9.10. The summed E-state index contributed by atoms with van der Waals surface area (Å²) >= 11 is 3.27. The normalized spacial score (nSPS) is 10.8. The van der Waals surface area contributed by atoms with E-state index in [0.29, 0.717) is 11.0 Å². The topological polar surface area (TPSA) is 48.0 Å². The Morgan fingerprint density at radius 2 is 2.12 bits per heavy atom. The fourth-order valence-corrected chi connectivity index (χ4v) is 2.34. The molecule has 90 valence electrons. The van der Waals surface area contributed by atoms with Crippen LogP contribution in [0.2, 0.25) is 0 Å². The molecule has 0 unspecified atom stereocenters. The van der Waals surface area contributed by atoms with Crippen molar-refractivity contribution < 1.29 is 4.52 Å². The average molecular weight is 297 g/mol. The first kappa shape index (κ1) is 12.1. The molecule has 4 nitrogen and oxygen atoms in total. The quantitative estimate of drug-likeness (QED) is 0.856. The molecule has 0 bridgehead atoms. The predicted octanol–water partition coefficient (Wildman–Crippen LogP) is 2.57. The average Bonchev–Trinajstić information content (AvgIpc) is 2.56. The van der Waals surface area contributed by atoms with Gasteiger partial charge < -0.3 is 9.09 Å². The molecule has 0 saturated carbocycles. The predicted molar refractivity (Wildman–Crippen MR) is 68.2 cm³/mol. The van der Waals surface area contributed by atoms with Gasteiger partial charge in [0.1, 0.15) is 5.76 Å². The number of aromatic nitrogens is 2. The molecule has 17 heavy (non-hydrogen) atoms. The van der Waals surface area contributed by atoms with Crippen LogP contribution in [0.15, 0.2) is 26.1 Å². The Bertz CT molecular complexity index is 594. The van der Waals surface area contributed by atoms with Crippen LogP contribution in [0.4, 0.5) is 0 Å². The second-order valence-corrected chi connectivity index (χ2v) is 4.96. The molecule has 0 saturated heterocycles. The third-order valence-electron chi connectivity index (χ3n) is 2.69. The minimum absolute atomic E-state index is 0.0457. The maximum absolute atomic E-state index is 11.9. The molecule has 2 aromatic heterocycles. The summed E-state index contributed by atoms with van der Waals surface area (Å²) in [5.41, 5.74) is 2.77. The van der Waals surface area contributed by atoms with E-state index in [0.717, 1.165) is 22.6 Å². The standard InChI is InChI=1S/C12H13BrN2O2/c1-7-4-11(13)12(16)15(5-7)6-10-8(2)14-17-9(10)3/h4-5H,6H2,1-3H3. The smallest absolute Gasteiger partial charge is 0.265 e. The zero-order valence-electron chi connectivity index (χ0n) is 9.95. The summed E-state index contributed by atoms with van der Waals surface area (Å²) in [6, 6.07) is 1.81. The van der Waals surface area contributed by atoms with E-state index in [4.69, 9.17) is 4.52 Å². The van der Waals surface area contributed by atoms with Crippen LogP contribution >= 0.6 is 15.9 Å². The van der Waals surface area contributed by atoms with E-state index >= 15 is 0 Å². The molecule has 2 aromatic rings. The molecule has 0 aromatic carbocycles. The van der Waals surface area contributed by atoms with Gasteiger partial charge in [0.2, 0.25) is 0 Å². The molecule has 0 spiro atoms. The number of halogens is 1. The van der Waals surface area contributed by atoms with Gasteiger partial charge in [-0.15, -0.1) is 0 Å². The summed E-state index contributed by atoms with van der Waals surface area (Å²) in [6.07, 6.45) is 1.83. The summed E-state index contributed by atoms with van der Waals surface area (Å²) in [5.74, 6) is 0.757. The van der Waals surface area contributed by atoms with Crippen molar-refractivity contribution in [1.82, 2.24) is 9.72 Å². The molecule has 0 amide bonds. The van der Waals surface area contributed by atoms with Gasteiger partial charge in [0, 0.05) is 11.8 Å². The van der Waals surface area contributed by atoms with Crippen LogP contribution in [0.3, 0.4) is 0 Å². The Labute approximate surface area is 107 Å². The lowest BCUT2D eigenvalue weighted by molar-refractivity contribution is 0.392. The zero-order chi connectivity index (χ0) is 12.6. The van der Waals surface area contributed by atoms with Gasteiger partial charge in [-0.25, -0.2) is 0 Å². The Morgan fingerprint density at radius 3 is 2.71 bits per heavy atom. The molecule has 5 heteroatoms. The number of aryl methyl sites for hydroxylation is 3. The second-order valence-electron chi connectivity index (χ2n) is 4.10. The van der Waals surface area contributed by atoms with E-state index in [9.17, 15) is 4.79 Å². The molecule has 0 N–H and O–H groups in total. The fraction of sp³-hybridized carbons (Fsp3) is 0.333. The summed E-state index contributed by atoms with van der Waals surface area (Å²) in [6.45, 7) is 6.17. The molecule has 2 heterocycles.